The Morgan fingerprint density at radius 3 is 2.72 bits per heavy atom. The fourth-order valence-corrected chi connectivity index (χ4v) is 1.25. The van der Waals surface area contributed by atoms with Crippen LogP contribution in [0.3, 0.4) is 0 Å². The van der Waals surface area contributed by atoms with Crippen molar-refractivity contribution in [3.8, 4) is 5.75 Å². The minimum absolute atomic E-state index is 0.124. The Bertz CT molecular complexity index is 403. The second-order valence-electron chi connectivity index (χ2n) is 4.11. The van der Waals surface area contributed by atoms with Crippen LogP contribution in [0.2, 0.25) is 0 Å². The standard InChI is InChI=1S/C13H18N2O3/c1-4-9(2)15-13(17)10(3)18-12-6-5-11(8-16)14-7-12/h5-10H,4H2,1-3H3,(H,15,17). The summed E-state index contributed by atoms with van der Waals surface area (Å²) in [4.78, 5) is 26.0. The second kappa shape index (κ2) is 6.74. The van der Waals surface area contributed by atoms with Gasteiger partial charge in [0.2, 0.25) is 0 Å². The molecule has 1 heterocycles. The van der Waals surface area contributed by atoms with Crippen LogP contribution in [0.1, 0.15) is 37.7 Å². The molecule has 0 aromatic carbocycles. The Balaban J connectivity index is 2.54. The second-order valence-corrected chi connectivity index (χ2v) is 4.11. The number of hydrogen-bond donors (Lipinski definition) is 1. The molecule has 1 N–H and O–H groups in total. The maximum atomic E-state index is 11.7. The van der Waals surface area contributed by atoms with Crippen molar-refractivity contribution in [3.63, 3.8) is 0 Å². The van der Waals surface area contributed by atoms with Gasteiger partial charge in [-0.25, -0.2) is 4.98 Å². The fraction of sp³-hybridized carbons (Fsp3) is 0.462. The Labute approximate surface area is 107 Å². The van der Waals surface area contributed by atoms with Gasteiger partial charge >= 0.3 is 0 Å². The van der Waals surface area contributed by atoms with E-state index in [9.17, 15) is 9.59 Å². The van der Waals surface area contributed by atoms with Gasteiger partial charge in [0, 0.05) is 6.04 Å². The minimum atomic E-state index is -0.595. The SMILES string of the molecule is CCC(C)NC(=O)C(C)Oc1ccc(C=O)nc1. The van der Waals surface area contributed by atoms with Gasteiger partial charge in [-0.05, 0) is 32.4 Å². The molecule has 1 rings (SSSR count). The number of carbonyl (C=O) groups excluding carboxylic acids is 2. The minimum Gasteiger partial charge on any atom is -0.479 e. The largest absolute Gasteiger partial charge is 0.479 e. The van der Waals surface area contributed by atoms with Crippen LogP contribution in [0, 0.1) is 0 Å². The molecule has 1 aromatic heterocycles. The van der Waals surface area contributed by atoms with Crippen molar-refractivity contribution in [2.24, 2.45) is 0 Å². The average Bonchev–Trinajstić information content (AvgIpc) is 2.39. The Morgan fingerprint density at radius 1 is 1.50 bits per heavy atom. The molecule has 98 valence electrons. The van der Waals surface area contributed by atoms with Crippen LogP contribution in [0.25, 0.3) is 0 Å². The lowest BCUT2D eigenvalue weighted by molar-refractivity contribution is -0.127. The number of amides is 1. The van der Waals surface area contributed by atoms with Crippen LogP contribution in [-0.4, -0.2) is 29.3 Å². The first-order chi connectivity index (χ1) is 8.56. The van der Waals surface area contributed by atoms with Gasteiger partial charge in [0.1, 0.15) is 11.4 Å². The molecule has 0 bridgehead atoms. The van der Waals surface area contributed by atoms with Crippen molar-refractivity contribution < 1.29 is 14.3 Å². The molecule has 0 saturated heterocycles. The predicted octanol–water partition coefficient (Wildman–Crippen LogP) is 1.58. The van der Waals surface area contributed by atoms with Gasteiger partial charge in [0.05, 0.1) is 6.20 Å². The molecule has 0 aliphatic heterocycles. The molecule has 0 saturated carbocycles. The Kier molecular flexibility index (Phi) is 5.30. The molecule has 0 fully saturated rings. The highest BCUT2D eigenvalue weighted by Crippen LogP contribution is 2.10. The van der Waals surface area contributed by atoms with Gasteiger partial charge in [0.25, 0.3) is 5.91 Å². The van der Waals surface area contributed by atoms with E-state index < -0.39 is 6.10 Å². The Morgan fingerprint density at radius 2 is 2.22 bits per heavy atom. The number of pyridine rings is 1. The van der Waals surface area contributed by atoms with Crippen LogP contribution < -0.4 is 10.1 Å². The zero-order chi connectivity index (χ0) is 13.5. The van der Waals surface area contributed by atoms with Gasteiger partial charge < -0.3 is 10.1 Å². The maximum absolute atomic E-state index is 11.7. The number of rotatable bonds is 6. The van der Waals surface area contributed by atoms with Crippen LogP contribution in [0.15, 0.2) is 18.3 Å². The van der Waals surface area contributed by atoms with Crippen LogP contribution in [0.5, 0.6) is 5.75 Å². The molecule has 1 aromatic rings. The van der Waals surface area contributed by atoms with Gasteiger partial charge in [0.15, 0.2) is 12.4 Å². The highest BCUT2D eigenvalue weighted by Gasteiger charge is 2.16. The lowest BCUT2D eigenvalue weighted by Gasteiger charge is -2.17. The summed E-state index contributed by atoms with van der Waals surface area (Å²) < 4.78 is 5.43. The van der Waals surface area contributed by atoms with Crippen molar-refractivity contribution in [2.75, 3.05) is 0 Å². The molecule has 0 radical (unpaired) electrons. The number of aromatic nitrogens is 1. The van der Waals surface area contributed by atoms with Crippen LogP contribution >= 0.6 is 0 Å². The molecule has 0 aliphatic rings. The van der Waals surface area contributed by atoms with Crippen molar-refractivity contribution >= 4 is 12.2 Å². The normalized spacial score (nSPS) is 13.5. The van der Waals surface area contributed by atoms with E-state index in [1.165, 1.54) is 6.20 Å². The van der Waals surface area contributed by atoms with Crippen molar-refractivity contribution in [3.05, 3.63) is 24.0 Å². The molecule has 18 heavy (non-hydrogen) atoms. The van der Waals surface area contributed by atoms with E-state index in [4.69, 9.17) is 4.74 Å². The van der Waals surface area contributed by atoms with Crippen LogP contribution in [-0.2, 0) is 4.79 Å². The van der Waals surface area contributed by atoms with Crippen molar-refractivity contribution in [2.45, 2.75) is 39.3 Å². The zero-order valence-corrected chi connectivity index (χ0v) is 10.8. The third-order valence-electron chi connectivity index (χ3n) is 2.56. The summed E-state index contributed by atoms with van der Waals surface area (Å²) in [6, 6.07) is 3.28. The number of ether oxygens (including phenoxy) is 1. The van der Waals surface area contributed by atoms with E-state index in [0.29, 0.717) is 17.7 Å². The Hall–Kier alpha value is -1.91. The highest BCUT2D eigenvalue weighted by molar-refractivity contribution is 5.81. The monoisotopic (exact) mass is 250 g/mol. The first kappa shape index (κ1) is 14.2. The summed E-state index contributed by atoms with van der Waals surface area (Å²) in [5.74, 6) is 0.302. The molecule has 5 nitrogen and oxygen atoms in total. The average molecular weight is 250 g/mol. The lowest BCUT2D eigenvalue weighted by Crippen LogP contribution is -2.40. The summed E-state index contributed by atoms with van der Waals surface area (Å²) in [6.07, 6.45) is 2.36. The zero-order valence-electron chi connectivity index (χ0n) is 10.8. The number of nitrogens with one attached hydrogen (secondary N) is 1. The fourth-order valence-electron chi connectivity index (χ4n) is 1.25. The number of hydrogen-bond acceptors (Lipinski definition) is 4. The molecular weight excluding hydrogens is 232 g/mol. The van der Waals surface area contributed by atoms with E-state index in [-0.39, 0.29) is 11.9 Å². The summed E-state index contributed by atoms with van der Waals surface area (Å²) in [6.45, 7) is 5.61. The number of aldehydes is 1. The van der Waals surface area contributed by atoms with Gasteiger partial charge in [-0.3, -0.25) is 9.59 Å². The summed E-state index contributed by atoms with van der Waals surface area (Å²) in [7, 11) is 0. The lowest BCUT2D eigenvalue weighted by atomic mass is 10.2. The van der Waals surface area contributed by atoms with Gasteiger partial charge in [-0.2, -0.15) is 0 Å². The molecule has 2 atom stereocenters. The van der Waals surface area contributed by atoms with E-state index in [2.05, 4.69) is 10.3 Å². The first-order valence-electron chi connectivity index (χ1n) is 5.95. The molecule has 0 aliphatic carbocycles. The topological polar surface area (TPSA) is 68.3 Å². The van der Waals surface area contributed by atoms with Crippen molar-refractivity contribution in [1.29, 1.82) is 0 Å². The molecule has 2 unspecified atom stereocenters. The predicted molar refractivity (Wildman–Crippen MR) is 67.6 cm³/mol. The molecule has 5 heteroatoms. The smallest absolute Gasteiger partial charge is 0.260 e. The highest BCUT2D eigenvalue weighted by atomic mass is 16.5. The molecular formula is C13H18N2O3. The quantitative estimate of drug-likeness (QED) is 0.778. The third kappa shape index (κ3) is 4.16. The van der Waals surface area contributed by atoms with E-state index >= 15 is 0 Å². The number of carbonyl (C=O) groups is 2. The number of nitrogens with zero attached hydrogens (tertiary/aromatic N) is 1. The third-order valence-corrected chi connectivity index (χ3v) is 2.56. The molecule has 1 amide bonds. The summed E-state index contributed by atoms with van der Waals surface area (Å²) in [5.41, 5.74) is 0.332. The summed E-state index contributed by atoms with van der Waals surface area (Å²) >= 11 is 0. The van der Waals surface area contributed by atoms with E-state index in [0.717, 1.165) is 6.42 Å². The van der Waals surface area contributed by atoms with Gasteiger partial charge in [-0.15, -0.1) is 0 Å². The van der Waals surface area contributed by atoms with Crippen molar-refractivity contribution in [1.82, 2.24) is 10.3 Å². The molecule has 0 spiro atoms. The van der Waals surface area contributed by atoms with Crippen LogP contribution in [0.4, 0.5) is 0 Å². The van der Waals surface area contributed by atoms with Gasteiger partial charge in [-0.1, -0.05) is 6.92 Å². The van der Waals surface area contributed by atoms with E-state index in [1.54, 1.807) is 19.1 Å². The maximum Gasteiger partial charge on any atom is 0.260 e. The first-order valence-corrected chi connectivity index (χ1v) is 5.95. The summed E-state index contributed by atoms with van der Waals surface area (Å²) in [5, 5.41) is 2.83. The van der Waals surface area contributed by atoms with E-state index in [1.807, 2.05) is 13.8 Å².